The van der Waals surface area contributed by atoms with E-state index in [0.29, 0.717) is 6.42 Å². The average Bonchev–Trinajstić information content (AvgIpc) is 1.99. The lowest BCUT2D eigenvalue weighted by molar-refractivity contribution is -0.146. The molecule has 60 valence electrons. The van der Waals surface area contributed by atoms with Gasteiger partial charge in [0.2, 0.25) is 0 Å². The number of esters is 1. The summed E-state index contributed by atoms with van der Waals surface area (Å²) in [5, 5.41) is 0. The molecule has 1 unspecified atom stereocenters. The van der Waals surface area contributed by atoms with Gasteiger partial charge in [-0.25, -0.2) is 0 Å². The Morgan fingerprint density at radius 2 is 2.30 bits per heavy atom. The Morgan fingerprint density at radius 1 is 1.70 bits per heavy atom. The van der Waals surface area contributed by atoms with Crippen LogP contribution in [0.15, 0.2) is 0 Å². The molecule has 0 aliphatic heterocycles. The molecule has 0 amide bonds. The van der Waals surface area contributed by atoms with Crippen molar-refractivity contribution < 1.29 is 13.9 Å². The molecule has 0 rings (SSSR count). The highest BCUT2D eigenvalue weighted by molar-refractivity contribution is 5.72. The maximum Gasteiger partial charge on any atom is 0.311 e. The third-order valence-corrected chi connectivity index (χ3v) is 1.36. The number of hydrogen-bond acceptors (Lipinski definition) is 2. The minimum Gasteiger partial charge on any atom is -0.469 e. The topological polar surface area (TPSA) is 26.3 Å². The molecule has 1 atom stereocenters. The number of halogens is 1. The van der Waals surface area contributed by atoms with Gasteiger partial charge < -0.3 is 4.74 Å². The van der Waals surface area contributed by atoms with Crippen LogP contribution in [0.25, 0.3) is 0 Å². The van der Waals surface area contributed by atoms with Crippen LogP contribution >= 0.6 is 0 Å². The van der Waals surface area contributed by atoms with Gasteiger partial charge in [-0.3, -0.25) is 9.18 Å². The highest BCUT2D eigenvalue weighted by Gasteiger charge is 2.16. The van der Waals surface area contributed by atoms with E-state index in [2.05, 4.69) is 4.74 Å². The molecule has 0 aliphatic rings. The summed E-state index contributed by atoms with van der Waals surface area (Å²) in [5.74, 6) is -0.987. The summed E-state index contributed by atoms with van der Waals surface area (Å²) in [4.78, 5) is 10.7. The molecule has 0 heterocycles. The normalized spacial score (nSPS) is 12.7. The number of rotatable bonds is 4. The standard InChI is InChI=1S/C7H13FO2/c1-3-4-6(5-8)7(9)10-2/h6H,3-5H2,1-2H3. The second-order valence-corrected chi connectivity index (χ2v) is 2.16. The fourth-order valence-corrected chi connectivity index (χ4v) is 0.773. The van der Waals surface area contributed by atoms with Crippen molar-refractivity contribution in [3.05, 3.63) is 0 Å². The van der Waals surface area contributed by atoms with E-state index in [1.54, 1.807) is 0 Å². The fourth-order valence-electron chi connectivity index (χ4n) is 0.773. The summed E-state index contributed by atoms with van der Waals surface area (Å²) in [7, 11) is 1.28. The number of ether oxygens (including phenoxy) is 1. The maximum absolute atomic E-state index is 12.0. The van der Waals surface area contributed by atoms with Gasteiger partial charge in [-0.05, 0) is 6.42 Å². The molecular weight excluding hydrogens is 135 g/mol. The third-order valence-electron chi connectivity index (χ3n) is 1.36. The number of hydrogen-bond donors (Lipinski definition) is 0. The second-order valence-electron chi connectivity index (χ2n) is 2.16. The first-order valence-corrected chi connectivity index (χ1v) is 3.40. The summed E-state index contributed by atoms with van der Waals surface area (Å²) in [6.07, 6.45) is 1.38. The molecular formula is C7H13FO2. The summed E-state index contributed by atoms with van der Waals surface area (Å²) >= 11 is 0. The van der Waals surface area contributed by atoms with Gasteiger partial charge in [0.15, 0.2) is 0 Å². The molecule has 0 radical (unpaired) electrons. The minimum absolute atomic E-state index is 0.440. The SMILES string of the molecule is CCCC(CF)C(=O)OC. The largest absolute Gasteiger partial charge is 0.469 e. The molecule has 10 heavy (non-hydrogen) atoms. The molecule has 0 saturated heterocycles. The highest BCUT2D eigenvalue weighted by Crippen LogP contribution is 2.08. The summed E-state index contributed by atoms with van der Waals surface area (Å²) in [6.45, 7) is 1.30. The predicted octanol–water partition coefficient (Wildman–Crippen LogP) is 1.55. The zero-order valence-electron chi connectivity index (χ0n) is 6.39. The quantitative estimate of drug-likeness (QED) is 0.565. The van der Waals surface area contributed by atoms with Gasteiger partial charge in [0.05, 0.1) is 13.0 Å². The van der Waals surface area contributed by atoms with Crippen LogP contribution in [0.3, 0.4) is 0 Å². The Balaban J connectivity index is 3.68. The van der Waals surface area contributed by atoms with Crippen LogP contribution in [0, 0.1) is 5.92 Å². The first-order valence-electron chi connectivity index (χ1n) is 3.40. The fraction of sp³-hybridized carbons (Fsp3) is 0.857. The Labute approximate surface area is 60.4 Å². The van der Waals surface area contributed by atoms with E-state index in [1.165, 1.54) is 7.11 Å². The van der Waals surface area contributed by atoms with Crippen LogP contribution < -0.4 is 0 Å². The van der Waals surface area contributed by atoms with Crippen LogP contribution in [-0.4, -0.2) is 19.8 Å². The van der Waals surface area contributed by atoms with E-state index < -0.39 is 18.6 Å². The number of alkyl halides is 1. The maximum atomic E-state index is 12.0. The van der Waals surface area contributed by atoms with Crippen molar-refractivity contribution in [2.24, 2.45) is 5.92 Å². The molecule has 0 spiro atoms. The van der Waals surface area contributed by atoms with E-state index in [0.717, 1.165) is 6.42 Å². The minimum atomic E-state index is -0.611. The van der Waals surface area contributed by atoms with Gasteiger partial charge >= 0.3 is 5.97 Å². The first-order chi connectivity index (χ1) is 4.76. The first kappa shape index (κ1) is 9.40. The van der Waals surface area contributed by atoms with Crippen LogP contribution in [0.5, 0.6) is 0 Å². The average molecular weight is 148 g/mol. The second kappa shape index (κ2) is 5.21. The molecule has 0 aromatic heterocycles. The molecule has 0 N–H and O–H groups in total. The Hall–Kier alpha value is -0.600. The number of carbonyl (C=O) groups is 1. The lowest BCUT2D eigenvalue weighted by Crippen LogP contribution is -2.17. The van der Waals surface area contributed by atoms with Gasteiger partial charge in [0.25, 0.3) is 0 Å². The molecule has 0 aliphatic carbocycles. The molecule has 0 saturated carbocycles. The van der Waals surface area contributed by atoms with Gasteiger partial charge in [-0.2, -0.15) is 0 Å². The predicted molar refractivity (Wildman–Crippen MR) is 36.4 cm³/mol. The van der Waals surface area contributed by atoms with Crippen molar-refractivity contribution in [1.82, 2.24) is 0 Å². The van der Waals surface area contributed by atoms with Crippen molar-refractivity contribution in [2.45, 2.75) is 19.8 Å². The van der Waals surface area contributed by atoms with Crippen molar-refractivity contribution >= 4 is 5.97 Å². The van der Waals surface area contributed by atoms with Crippen molar-refractivity contribution in [1.29, 1.82) is 0 Å². The van der Waals surface area contributed by atoms with Gasteiger partial charge in [-0.1, -0.05) is 13.3 Å². The summed E-state index contributed by atoms with van der Waals surface area (Å²) in [6, 6.07) is 0. The highest BCUT2D eigenvalue weighted by atomic mass is 19.1. The van der Waals surface area contributed by atoms with Crippen LogP contribution in [0.2, 0.25) is 0 Å². The van der Waals surface area contributed by atoms with E-state index in [4.69, 9.17) is 0 Å². The molecule has 3 heteroatoms. The van der Waals surface area contributed by atoms with Gasteiger partial charge in [0, 0.05) is 0 Å². The van der Waals surface area contributed by atoms with E-state index in [-0.39, 0.29) is 0 Å². The van der Waals surface area contributed by atoms with Crippen LogP contribution in [-0.2, 0) is 9.53 Å². The Kier molecular flexibility index (Phi) is 4.89. The van der Waals surface area contributed by atoms with E-state index in [9.17, 15) is 9.18 Å². The molecule has 0 bridgehead atoms. The van der Waals surface area contributed by atoms with Gasteiger partial charge in [0.1, 0.15) is 6.67 Å². The van der Waals surface area contributed by atoms with Crippen molar-refractivity contribution in [3.63, 3.8) is 0 Å². The monoisotopic (exact) mass is 148 g/mol. The van der Waals surface area contributed by atoms with Crippen LogP contribution in [0.1, 0.15) is 19.8 Å². The van der Waals surface area contributed by atoms with E-state index in [1.807, 2.05) is 6.92 Å². The summed E-state index contributed by atoms with van der Waals surface area (Å²) < 4.78 is 16.4. The van der Waals surface area contributed by atoms with Crippen molar-refractivity contribution in [3.8, 4) is 0 Å². The number of carbonyl (C=O) groups excluding carboxylic acids is 1. The zero-order valence-corrected chi connectivity index (χ0v) is 6.39. The van der Waals surface area contributed by atoms with E-state index >= 15 is 0 Å². The molecule has 0 fully saturated rings. The number of methoxy groups -OCH3 is 1. The lowest BCUT2D eigenvalue weighted by atomic mass is 10.1. The zero-order chi connectivity index (χ0) is 7.98. The molecule has 2 nitrogen and oxygen atoms in total. The summed E-state index contributed by atoms with van der Waals surface area (Å²) in [5.41, 5.74) is 0. The Bertz CT molecular complexity index is 104. The smallest absolute Gasteiger partial charge is 0.311 e. The van der Waals surface area contributed by atoms with Gasteiger partial charge in [-0.15, -0.1) is 0 Å². The lowest BCUT2D eigenvalue weighted by Gasteiger charge is -2.07. The molecule has 0 aromatic carbocycles. The molecule has 0 aromatic rings. The third kappa shape index (κ3) is 2.80. The van der Waals surface area contributed by atoms with Crippen LogP contribution in [0.4, 0.5) is 4.39 Å². The van der Waals surface area contributed by atoms with Crippen molar-refractivity contribution in [2.75, 3.05) is 13.8 Å². The Morgan fingerprint density at radius 3 is 2.60 bits per heavy atom.